The second-order valence-corrected chi connectivity index (χ2v) is 6.62. The first-order chi connectivity index (χ1) is 12.5. The van der Waals surface area contributed by atoms with Crippen LogP contribution in [0, 0.1) is 0 Å². The second kappa shape index (κ2) is 9.79. The average molecular weight is 360 g/mol. The number of unbranched alkanes of at least 4 members (excludes halogenated alkanes) is 1. The molecule has 0 atom stereocenters. The van der Waals surface area contributed by atoms with Gasteiger partial charge < -0.3 is 20.9 Å². The molecular weight excluding hydrogens is 332 g/mol. The molecule has 0 saturated carbocycles. The van der Waals surface area contributed by atoms with Crippen molar-refractivity contribution in [2.45, 2.75) is 52.0 Å². The van der Waals surface area contributed by atoms with E-state index in [9.17, 15) is 14.4 Å². The average Bonchev–Trinajstić information content (AvgIpc) is 2.61. The molecule has 0 aromatic heterocycles. The summed E-state index contributed by atoms with van der Waals surface area (Å²) in [4.78, 5) is 36.9. The number of anilines is 2. The molecule has 0 bridgehead atoms. The maximum atomic E-state index is 12.4. The Labute approximate surface area is 154 Å². The molecule has 1 aliphatic rings. The Morgan fingerprint density at radius 1 is 1.04 bits per heavy atom. The number of amides is 4. The van der Waals surface area contributed by atoms with Crippen LogP contribution < -0.4 is 16.0 Å². The maximum absolute atomic E-state index is 12.4. The first kappa shape index (κ1) is 19.8. The highest BCUT2D eigenvalue weighted by atomic mass is 16.2. The minimum atomic E-state index is -0.145. The second-order valence-electron chi connectivity index (χ2n) is 6.62. The zero-order valence-electron chi connectivity index (χ0n) is 15.5. The Balaban J connectivity index is 1.75. The SMILES string of the molecule is CCCCC(=O)NC1CCN(C(=O)Nc2ccc(NC(C)=O)cc2)CC1. The Hall–Kier alpha value is -2.57. The van der Waals surface area contributed by atoms with Crippen LogP contribution in [-0.2, 0) is 9.59 Å². The van der Waals surface area contributed by atoms with Crippen LogP contribution in [0.25, 0.3) is 0 Å². The van der Waals surface area contributed by atoms with Gasteiger partial charge in [-0.2, -0.15) is 0 Å². The number of likely N-dealkylation sites (tertiary alicyclic amines) is 1. The van der Waals surface area contributed by atoms with E-state index in [1.54, 1.807) is 29.2 Å². The summed E-state index contributed by atoms with van der Waals surface area (Å²) in [6.07, 6.45) is 4.04. The van der Waals surface area contributed by atoms with Gasteiger partial charge >= 0.3 is 6.03 Å². The Bertz CT molecular complexity index is 622. The highest BCUT2D eigenvalue weighted by Gasteiger charge is 2.23. The van der Waals surface area contributed by atoms with Crippen LogP contribution in [-0.4, -0.2) is 41.9 Å². The molecule has 142 valence electrons. The van der Waals surface area contributed by atoms with Crippen LogP contribution in [0.5, 0.6) is 0 Å². The first-order valence-electron chi connectivity index (χ1n) is 9.21. The molecule has 2 rings (SSSR count). The summed E-state index contributed by atoms with van der Waals surface area (Å²) >= 11 is 0. The Morgan fingerprint density at radius 2 is 1.62 bits per heavy atom. The lowest BCUT2D eigenvalue weighted by Gasteiger charge is -2.32. The van der Waals surface area contributed by atoms with Gasteiger partial charge in [0.1, 0.15) is 0 Å². The quantitative estimate of drug-likeness (QED) is 0.728. The molecule has 3 N–H and O–H groups in total. The van der Waals surface area contributed by atoms with E-state index in [-0.39, 0.29) is 23.9 Å². The maximum Gasteiger partial charge on any atom is 0.321 e. The Kier molecular flexibility index (Phi) is 7.44. The van der Waals surface area contributed by atoms with Gasteiger partial charge in [-0.15, -0.1) is 0 Å². The van der Waals surface area contributed by atoms with Gasteiger partial charge in [-0.25, -0.2) is 4.79 Å². The molecule has 1 heterocycles. The summed E-state index contributed by atoms with van der Waals surface area (Å²) in [5, 5.41) is 8.60. The van der Waals surface area contributed by atoms with E-state index in [1.807, 2.05) is 0 Å². The topological polar surface area (TPSA) is 90.5 Å². The smallest absolute Gasteiger partial charge is 0.321 e. The van der Waals surface area contributed by atoms with E-state index in [0.717, 1.165) is 25.7 Å². The van der Waals surface area contributed by atoms with Crippen LogP contribution in [0.3, 0.4) is 0 Å². The molecule has 0 radical (unpaired) electrons. The summed E-state index contributed by atoms with van der Waals surface area (Å²) in [5.74, 6) is -0.0274. The summed E-state index contributed by atoms with van der Waals surface area (Å²) in [5.41, 5.74) is 1.37. The largest absolute Gasteiger partial charge is 0.353 e. The third-order valence-corrected chi connectivity index (χ3v) is 4.36. The number of nitrogens with zero attached hydrogens (tertiary/aromatic N) is 1. The molecule has 4 amide bonds. The Morgan fingerprint density at radius 3 is 2.15 bits per heavy atom. The molecule has 7 nitrogen and oxygen atoms in total. The lowest BCUT2D eigenvalue weighted by Crippen LogP contribution is -2.47. The van der Waals surface area contributed by atoms with Gasteiger partial charge in [0, 0.05) is 43.9 Å². The van der Waals surface area contributed by atoms with Crippen LogP contribution >= 0.6 is 0 Å². The van der Waals surface area contributed by atoms with Gasteiger partial charge in [0.2, 0.25) is 11.8 Å². The van der Waals surface area contributed by atoms with E-state index in [2.05, 4.69) is 22.9 Å². The molecule has 1 aliphatic heterocycles. The molecule has 7 heteroatoms. The first-order valence-corrected chi connectivity index (χ1v) is 9.21. The highest BCUT2D eigenvalue weighted by molar-refractivity contribution is 5.91. The van der Waals surface area contributed by atoms with Crippen molar-refractivity contribution in [3.8, 4) is 0 Å². The molecule has 0 aliphatic carbocycles. The van der Waals surface area contributed by atoms with Gasteiger partial charge in [-0.3, -0.25) is 9.59 Å². The van der Waals surface area contributed by atoms with Crippen molar-refractivity contribution in [3.63, 3.8) is 0 Å². The number of carbonyl (C=O) groups excluding carboxylic acids is 3. The zero-order chi connectivity index (χ0) is 18.9. The minimum absolute atomic E-state index is 0.106. The fourth-order valence-electron chi connectivity index (χ4n) is 2.91. The summed E-state index contributed by atoms with van der Waals surface area (Å²) in [6.45, 7) is 4.76. The number of rotatable bonds is 6. The molecule has 1 aromatic rings. The predicted octanol–water partition coefficient (Wildman–Crippen LogP) is 2.95. The van der Waals surface area contributed by atoms with Crippen molar-refractivity contribution >= 4 is 29.2 Å². The molecule has 26 heavy (non-hydrogen) atoms. The minimum Gasteiger partial charge on any atom is -0.353 e. The lowest BCUT2D eigenvalue weighted by molar-refractivity contribution is -0.122. The third-order valence-electron chi connectivity index (χ3n) is 4.36. The van der Waals surface area contributed by atoms with Gasteiger partial charge in [0.05, 0.1) is 0 Å². The number of nitrogens with one attached hydrogen (secondary N) is 3. The zero-order valence-corrected chi connectivity index (χ0v) is 15.5. The number of piperidine rings is 1. The molecule has 0 spiro atoms. The molecule has 0 unspecified atom stereocenters. The monoisotopic (exact) mass is 360 g/mol. The van der Waals surface area contributed by atoms with Gasteiger partial charge in [0.25, 0.3) is 0 Å². The predicted molar refractivity (Wildman–Crippen MR) is 102 cm³/mol. The molecular formula is C19H28N4O3. The summed E-state index contributed by atoms with van der Waals surface area (Å²) < 4.78 is 0. The van der Waals surface area contributed by atoms with Crippen LogP contribution in [0.2, 0.25) is 0 Å². The van der Waals surface area contributed by atoms with E-state index in [4.69, 9.17) is 0 Å². The van der Waals surface area contributed by atoms with E-state index >= 15 is 0 Å². The van der Waals surface area contributed by atoms with Crippen LogP contribution in [0.15, 0.2) is 24.3 Å². The van der Waals surface area contributed by atoms with Crippen molar-refractivity contribution < 1.29 is 14.4 Å². The van der Waals surface area contributed by atoms with E-state index in [0.29, 0.717) is 30.9 Å². The standard InChI is InChI=1S/C19H28N4O3/c1-3-4-5-18(25)21-17-10-12-23(13-11-17)19(26)22-16-8-6-15(7-9-16)20-14(2)24/h6-9,17H,3-5,10-13H2,1-2H3,(H,20,24)(H,21,25)(H,22,26). The van der Waals surface area contributed by atoms with Crippen molar-refractivity contribution in [1.29, 1.82) is 0 Å². The number of carbonyl (C=O) groups is 3. The number of benzene rings is 1. The molecule has 1 saturated heterocycles. The number of hydrogen-bond donors (Lipinski definition) is 3. The van der Waals surface area contributed by atoms with Gasteiger partial charge in [-0.05, 0) is 43.5 Å². The van der Waals surface area contributed by atoms with Crippen LogP contribution in [0.4, 0.5) is 16.2 Å². The number of hydrogen-bond acceptors (Lipinski definition) is 3. The number of urea groups is 1. The fourth-order valence-corrected chi connectivity index (χ4v) is 2.91. The van der Waals surface area contributed by atoms with Gasteiger partial charge in [-0.1, -0.05) is 13.3 Å². The normalized spacial score (nSPS) is 14.6. The highest BCUT2D eigenvalue weighted by Crippen LogP contribution is 2.16. The van der Waals surface area contributed by atoms with Crippen LogP contribution in [0.1, 0.15) is 46.0 Å². The van der Waals surface area contributed by atoms with Crippen molar-refractivity contribution in [2.24, 2.45) is 0 Å². The third kappa shape index (κ3) is 6.38. The summed E-state index contributed by atoms with van der Waals surface area (Å²) in [7, 11) is 0. The van der Waals surface area contributed by atoms with Crippen molar-refractivity contribution in [1.82, 2.24) is 10.2 Å². The van der Waals surface area contributed by atoms with Crippen molar-refractivity contribution in [2.75, 3.05) is 23.7 Å². The van der Waals surface area contributed by atoms with Gasteiger partial charge in [0.15, 0.2) is 0 Å². The van der Waals surface area contributed by atoms with Crippen molar-refractivity contribution in [3.05, 3.63) is 24.3 Å². The molecule has 1 aromatic carbocycles. The molecule has 1 fully saturated rings. The summed E-state index contributed by atoms with van der Waals surface area (Å²) in [6, 6.07) is 7.01. The van der Waals surface area contributed by atoms with E-state index in [1.165, 1.54) is 6.92 Å². The van der Waals surface area contributed by atoms with E-state index < -0.39 is 0 Å². The fraction of sp³-hybridized carbons (Fsp3) is 0.526. The lowest BCUT2D eigenvalue weighted by atomic mass is 10.0.